The van der Waals surface area contributed by atoms with Crippen molar-refractivity contribution in [2.24, 2.45) is 11.3 Å². The smallest absolute Gasteiger partial charge is 0.249 e. The minimum atomic E-state index is -2.90. The summed E-state index contributed by atoms with van der Waals surface area (Å²) in [6.07, 6.45) is -0.180. The SMILES string of the molecule is CC(C)C1(CNC2(C)CS(=O)(=O)C2)CC(F)(F)C1. The molecule has 2 rings (SSSR count). The van der Waals surface area contributed by atoms with Crippen molar-refractivity contribution in [1.29, 1.82) is 0 Å². The average Bonchev–Trinajstić information content (AvgIpc) is 2.07. The summed E-state index contributed by atoms with van der Waals surface area (Å²) >= 11 is 0. The monoisotopic (exact) mass is 281 g/mol. The summed E-state index contributed by atoms with van der Waals surface area (Å²) < 4.78 is 48.6. The van der Waals surface area contributed by atoms with Crippen molar-refractivity contribution in [1.82, 2.24) is 5.32 Å². The normalized spacial score (nSPS) is 30.6. The van der Waals surface area contributed by atoms with Crippen molar-refractivity contribution >= 4 is 9.84 Å². The maximum absolute atomic E-state index is 13.1. The van der Waals surface area contributed by atoms with Gasteiger partial charge in [0.15, 0.2) is 9.84 Å². The number of hydrogen-bond donors (Lipinski definition) is 1. The molecule has 2 aliphatic rings. The molecule has 2 fully saturated rings. The highest BCUT2D eigenvalue weighted by atomic mass is 32.2. The van der Waals surface area contributed by atoms with Crippen molar-refractivity contribution in [2.45, 2.75) is 45.1 Å². The van der Waals surface area contributed by atoms with Gasteiger partial charge in [-0.25, -0.2) is 17.2 Å². The zero-order valence-corrected chi connectivity index (χ0v) is 11.9. The Bertz CT molecular complexity index is 425. The van der Waals surface area contributed by atoms with Crippen LogP contribution >= 0.6 is 0 Å². The van der Waals surface area contributed by atoms with E-state index in [1.165, 1.54) is 0 Å². The lowest BCUT2D eigenvalue weighted by Gasteiger charge is -2.52. The van der Waals surface area contributed by atoms with Crippen LogP contribution in [0.15, 0.2) is 0 Å². The lowest BCUT2D eigenvalue weighted by molar-refractivity contribution is -0.178. The lowest BCUT2D eigenvalue weighted by Crippen LogP contribution is -2.66. The van der Waals surface area contributed by atoms with Gasteiger partial charge >= 0.3 is 0 Å². The topological polar surface area (TPSA) is 46.2 Å². The summed E-state index contributed by atoms with van der Waals surface area (Å²) in [5, 5.41) is 3.20. The fourth-order valence-corrected chi connectivity index (χ4v) is 5.20. The third-order valence-corrected chi connectivity index (χ3v) is 6.54. The van der Waals surface area contributed by atoms with Gasteiger partial charge in [0.1, 0.15) is 0 Å². The van der Waals surface area contributed by atoms with E-state index in [2.05, 4.69) is 5.32 Å². The second kappa shape index (κ2) is 3.88. The van der Waals surface area contributed by atoms with Crippen LogP contribution in [-0.4, -0.2) is 37.9 Å². The number of hydrogen-bond acceptors (Lipinski definition) is 3. The van der Waals surface area contributed by atoms with Crippen LogP contribution in [0.2, 0.25) is 0 Å². The molecular weight excluding hydrogens is 260 g/mol. The summed E-state index contributed by atoms with van der Waals surface area (Å²) in [7, 11) is -2.90. The first-order valence-corrected chi connectivity index (χ1v) is 8.13. The Morgan fingerprint density at radius 3 is 2.06 bits per heavy atom. The molecule has 0 atom stereocenters. The van der Waals surface area contributed by atoms with Crippen LogP contribution < -0.4 is 5.32 Å². The second-order valence-electron chi connectivity index (χ2n) is 6.67. The minimum absolute atomic E-state index is 0.0898. The van der Waals surface area contributed by atoms with Gasteiger partial charge in [0.05, 0.1) is 11.5 Å². The van der Waals surface area contributed by atoms with Gasteiger partial charge in [-0.15, -0.1) is 0 Å². The summed E-state index contributed by atoms with van der Waals surface area (Å²) in [6, 6.07) is 0. The first-order valence-electron chi connectivity index (χ1n) is 6.31. The van der Waals surface area contributed by atoms with Crippen LogP contribution in [-0.2, 0) is 9.84 Å². The molecule has 0 aromatic heterocycles. The molecule has 1 saturated carbocycles. The minimum Gasteiger partial charge on any atom is -0.309 e. The van der Waals surface area contributed by atoms with Crippen LogP contribution in [0.5, 0.6) is 0 Å². The van der Waals surface area contributed by atoms with E-state index in [1.54, 1.807) is 0 Å². The quantitative estimate of drug-likeness (QED) is 0.855. The molecule has 0 radical (unpaired) electrons. The van der Waals surface area contributed by atoms with Crippen LogP contribution in [0.1, 0.15) is 33.6 Å². The predicted molar refractivity (Wildman–Crippen MR) is 66.5 cm³/mol. The fourth-order valence-electron chi connectivity index (χ4n) is 3.14. The molecule has 106 valence electrons. The van der Waals surface area contributed by atoms with Crippen LogP contribution in [0, 0.1) is 11.3 Å². The van der Waals surface area contributed by atoms with Gasteiger partial charge in [0.25, 0.3) is 0 Å². The van der Waals surface area contributed by atoms with Gasteiger partial charge in [0.2, 0.25) is 5.92 Å². The Morgan fingerprint density at radius 1 is 1.22 bits per heavy atom. The first kappa shape index (κ1) is 14.2. The zero-order valence-electron chi connectivity index (χ0n) is 11.1. The third kappa shape index (κ3) is 2.54. The maximum Gasteiger partial charge on any atom is 0.249 e. The summed E-state index contributed by atoms with van der Waals surface area (Å²) in [5.41, 5.74) is -0.808. The van der Waals surface area contributed by atoms with Crippen molar-refractivity contribution in [3.05, 3.63) is 0 Å². The first-order chi connectivity index (χ1) is 7.98. The van der Waals surface area contributed by atoms with Gasteiger partial charge < -0.3 is 5.32 Å². The zero-order chi connectivity index (χ0) is 13.8. The Morgan fingerprint density at radius 2 is 1.72 bits per heavy atom. The van der Waals surface area contributed by atoms with E-state index in [9.17, 15) is 17.2 Å². The van der Waals surface area contributed by atoms with Gasteiger partial charge in [-0.2, -0.15) is 0 Å². The Hall–Kier alpha value is -0.230. The average molecular weight is 281 g/mol. The molecule has 0 aromatic carbocycles. The molecule has 1 aliphatic heterocycles. The van der Waals surface area contributed by atoms with Gasteiger partial charge in [-0.05, 0) is 18.3 Å². The molecule has 18 heavy (non-hydrogen) atoms. The Kier molecular flexibility index (Phi) is 3.06. The fraction of sp³-hybridized carbons (Fsp3) is 1.00. The Balaban J connectivity index is 1.93. The molecule has 1 saturated heterocycles. The van der Waals surface area contributed by atoms with Crippen molar-refractivity contribution < 1.29 is 17.2 Å². The van der Waals surface area contributed by atoms with Crippen LogP contribution in [0.3, 0.4) is 0 Å². The molecule has 1 aliphatic carbocycles. The van der Waals surface area contributed by atoms with E-state index in [0.717, 1.165) is 0 Å². The van der Waals surface area contributed by atoms with Crippen molar-refractivity contribution in [3.8, 4) is 0 Å². The summed E-state index contributed by atoms with van der Waals surface area (Å²) in [5.74, 6) is -2.14. The molecule has 0 aromatic rings. The lowest BCUT2D eigenvalue weighted by atomic mass is 9.59. The van der Waals surface area contributed by atoms with E-state index in [1.807, 2.05) is 20.8 Å². The molecule has 6 heteroatoms. The van der Waals surface area contributed by atoms with E-state index < -0.39 is 21.3 Å². The summed E-state index contributed by atoms with van der Waals surface area (Å²) in [4.78, 5) is 0. The number of alkyl halides is 2. The third-order valence-electron chi connectivity index (χ3n) is 4.39. The van der Waals surface area contributed by atoms with Gasteiger partial charge in [-0.3, -0.25) is 0 Å². The molecule has 1 heterocycles. The standard InChI is InChI=1S/C12H21F2NO2S/c1-9(2)11(4-12(13,14)5-11)6-15-10(3)7-18(16,17)8-10/h9,15H,4-8H2,1-3H3. The maximum atomic E-state index is 13.1. The van der Waals surface area contributed by atoms with Gasteiger partial charge in [0, 0.05) is 24.9 Å². The highest BCUT2D eigenvalue weighted by Gasteiger charge is 2.58. The number of halogens is 2. The predicted octanol–water partition coefficient (Wildman–Crippen LogP) is 1.83. The van der Waals surface area contributed by atoms with Crippen molar-refractivity contribution in [2.75, 3.05) is 18.1 Å². The van der Waals surface area contributed by atoms with Crippen molar-refractivity contribution in [3.63, 3.8) is 0 Å². The highest BCUT2D eigenvalue weighted by molar-refractivity contribution is 7.93. The molecule has 0 bridgehead atoms. The molecule has 3 nitrogen and oxygen atoms in total. The van der Waals surface area contributed by atoms with E-state index >= 15 is 0 Å². The summed E-state index contributed by atoms with van der Waals surface area (Å²) in [6.45, 7) is 6.23. The van der Waals surface area contributed by atoms with Gasteiger partial charge in [-0.1, -0.05) is 13.8 Å². The second-order valence-corrected chi connectivity index (χ2v) is 8.74. The molecule has 0 amide bonds. The van der Waals surface area contributed by atoms with Crippen LogP contribution in [0.25, 0.3) is 0 Å². The van der Waals surface area contributed by atoms with E-state index in [4.69, 9.17) is 0 Å². The number of nitrogens with one attached hydrogen (secondary N) is 1. The Labute approximate surface area is 107 Å². The number of rotatable bonds is 4. The highest BCUT2D eigenvalue weighted by Crippen LogP contribution is 2.55. The van der Waals surface area contributed by atoms with Crippen LogP contribution in [0.4, 0.5) is 8.78 Å². The molecule has 0 spiro atoms. The molecular formula is C12H21F2NO2S. The largest absolute Gasteiger partial charge is 0.309 e. The van der Waals surface area contributed by atoms with E-state index in [-0.39, 0.29) is 35.7 Å². The molecule has 0 unspecified atom stereocenters. The molecule has 1 N–H and O–H groups in total. The van der Waals surface area contributed by atoms with E-state index in [0.29, 0.717) is 6.54 Å². The number of sulfone groups is 1.